The molecule has 0 aliphatic carbocycles. The quantitative estimate of drug-likeness (QED) is 0.714. The van der Waals surface area contributed by atoms with E-state index in [1.54, 1.807) is 19.4 Å². The van der Waals surface area contributed by atoms with Crippen LogP contribution in [0.15, 0.2) is 42.6 Å². The summed E-state index contributed by atoms with van der Waals surface area (Å²) in [5, 5.41) is 12.2. The minimum atomic E-state index is -0.0918. The van der Waals surface area contributed by atoms with Gasteiger partial charge in [-0.2, -0.15) is 0 Å². The number of anilines is 1. The Labute approximate surface area is 168 Å². The molecule has 8 heteroatoms. The van der Waals surface area contributed by atoms with Gasteiger partial charge in [0.2, 0.25) is 11.9 Å². The average molecular weight is 400 g/mol. The maximum absolute atomic E-state index is 12.7. The van der Waals surface area contributed by atoms with E-state index in [0.717, 1.165) is 42.3 Å². The monoisotopic (exact) mass is 399 g/mol. The second kappa shape index (κ2) is 8.06. The molecule has 1 fully saturated rings. The van der Waals surface area contributed by atoms with E-state index in [1.807, 2.05) is 34.7 Å². The summed E-state index contributed by atoms with van der Waals surface area (Å²) in [6.45, 7) is 1.93. The Morgan fingerprint density at radius 2 is 2.21 bits per heavy atom. The van der Waals surface area contributed by atoms with Crippen molar-refractivity contribution >= 4 is 29.1 Å². The lowest BCUT2D eigenvalue weighted by molar-refractivity contribution is -0.125. The fraction of sp³-hybridized carbons (Fsp3) is 0.350. The van der Waals surface area contributed by atoms with Crippen LogP contribution in [-0.2, 0) is 11.3 Å². The third kappa shape index (κ3) is 3.89. The maximum atomic E-state index is 12.7. The highest BCUT2D eigenvalue weighted by atomic mass is 35.5. The van der Waals surface area contributed by atoms with Crippen LogP contribution in [0.1, 0.15) is 18.4 Å². The van der Waals surface area contributed by atoms with E-state index in [4.69, 9.17) is 16.3 Å². The summed E-state index contributed by atoms with van der Waals surface area (Å²) >= 11 is 6.12. The van der Waals surface area contributed by atoms with Crippen molar-refractivity contribution in [1.82, 2.24) is 19.9 Å². The van der Waals surface area contributed by atoms with E-state index in [2.05, 4.69) is 20.4 Å². The Morgan fingerprint density at radius 3 is 3.07 bits per heavy atom. The molecule has 0 radical (unpaired) electrons. The van der Waals surface area contributed by atoms with Gasteiger partial charge in [-0.15, -0.1) is 10.2 Å². The lowest BCUT2D eigenvalue weighted by atomic mass is 9.97. The minimum Gasteiger partial charge on any atom is -0.497 e. The number of methoxy groups -OCH3 is 1. The number of rotatable bonds is 5. The number of aromatic nitrogens is 3. The normalized spacial score (nSPS) is 16.9. The van der Waals surface area contributed by atoms with E-state index in [1.165, 1.54) is 0 Å². The van der Waals surface area contributed by atoms with Crippen molar-refractivity contribution in [1.29, 1.82) is 0 Å². The first-order valence-corrected chi connectivity index (χ1v) is 9.68. The molecule has 0 bridgehead atoms. The number of benzene rings is 1. The van der Waals surface area contributed by atoms with Crippen LogP contribution in [0.3, 0.4) is 0 Å². The third-order valence-corrected chi connectivity index (χ3v) is 5.25. The number of fused-ring (bicyclic) bond motifs is 1. The largest absolute Gasteiger partial charge is 0.497 e. The van der Waals surface area contributed by atoms with Crippen LogP contribution < -0.4 is 15.0 Å². The van der Waals surface area contributed by atoms with Crippen molar-refractivity contribution in [3.63, 3.8) is 0 Å². The molecule has 1 amide bonds. The fourth-order valence-electron chi connectivity index (χ4n) is 3.56. The number of amides is 1. The first kappa shape index (κ1) is 18.6. The zero-order valence-electron chi connectivity index (χ0n) is 15.6. The van der Waals surface area contributed by atoms with Crippen molar-refractivity contribution in [3.05, 3.63) is 53.2 Å². The maximum Gasteiger partial charge on any atom is 0.231 e. The van der Waals surface area contributed by atoms with Crippen LogP contribution in [0.5, 0.6) is 5.75 Å². The third-order valence-electron chi connectivity index (χ3n) is 5.02. The van der Waals surface area contributed by atoms with Crippen molar-refractivity contribution in [2.75, 3.05) is 25.1 Å². The molecule has 1 N–H and O–H groups in total. The second-order valence-corrected chi connectivity index (χ2v) is 7.37. The Hall–Kier alpha value is -2.80. The zero-order valence-corrected chi connectivity index (χ0v) is 16.4. The Bertz CT molecular complexity index is 990. The van der Waals surface area contributed by atoms with Gasteiger partial charge in [0, 0.05) is 25.8 Å². The molecule has 1 atom stereocenters. The zero-order chi connectivity index (χ0) is 19.5. The van der Waals surface area contributed by atoms with Gasteiger partial charge in [-0.3, -0.25) is 9.20 Å². The topological polar surface area (TPSA) is 71.8 Å². The molecule has 3 aromatic rings. The van der Waals surface area contributed by atoms with Gasteiger partial charge < -0.3 is 15.0 Å². The lowest BCUT2D eigenvalue weighted by Gasteiger charge is -2.32. The molecular weight excluding hydrogens is 378 g/mol. The van der Waals surface area contributed by atoms with Crippen LogP contribution in [0.2, 0.25) is 5.02 Å². The van der Waals surface area contributed by atoms with E-state index in [-0.39, 0.29) is 11.8 Å². The van der Waals surface area contributed by atoms with Crippen molar-refractivity contribution < 1.29 is 9.53 Å². The van der Waals surface area contributed by atoms with Crippen molar-refractivity contribution in [2.24, 2.45) is 5.92 Å². The molecule has 28 heavy (non-hydrogen) atoms. The number of carbonyl (C=O) groups is 1. The van der Waals surface area contributed by atoms with Crippen LogP contribution in [0.4, 0.5) is 5.95 Å². The molecule has 1 unspecified atom stereocenters. The molecule has 146 valence electrons. The standard InChI is InChI=1S/C20H22ClN5O2/c1-28-17-6-2-4-14(10-17)11-22-19(27)15-5-3-9-25(12-15)20-24-23-18-8-7-16(21)13-26(18)20/h2,4,6-8,10,13,15H,3,5,9,11-12H2,1H3,(H,22,27). The van der Waals surface area contributed by atoms with Crippen molar-refractivity contribution in [3.8, 4) is 5.75 Å². The van der Waals surface area contributed by atoms with E-state index >= 15 is 0 Å². The molecule has 1 saturated heterocycles. The summed E-state index contributed by atoms with van der Waals surface area (Å²) in [4.78, 5) is 14.8. The average Bonchev–Trinajstić information content (AvgIpc) is 3.15. The Kier molecular flexibility index (Phi) is 5.34. The van der Waals surface area contributed by atoms with Gasteiger partial charge in [-0.1, -0.05) is 23.7 Å². The summed E-state index contributed by atoms with van der Waals surface area (Å²) in [6, 6.07) is 11.3. The molecule has 1 aliphatic heterocycles. The van der Waals surface area contributed by atoms with Gasteiger partial charge in [0.1, 0.15) is 5.75 Å². The first-order chi connectivity index (χ1) is 13.6. The molecule has 2 aromatic heterocycles. The Balaban J connectivity index is 1.42. The molecule has 3 heterocycles. The van der Waals surface area contributed by atoms with Gasteiger partial charge in [0.05, 0.1) is 18.1 Å². The van der Waals surface area contributed by atoms with Gasteiger partial charge in [-0.05, 0) is 42.7 Å². The predicted octanol–water partition coefficient (Wildman–Crippen LogP) is 2.92. The number of halogens is 1. The van der Waals surface area contributed by atoms with Crippen molar-refractivity contribution in [2.45, 2.75) is 19.4 Å². The SMILES string of the molecule is COc1cccc(CNC(=O)C2CCCN(c3nnc4ccc(Cl)cn34)C2)c1. The molecule has 7 nitrogen and oxygen atoms in total. The minimum absolute atomic E-state index is 0.0550. The van der Waals surface area contributed by atoms with Crippen LogP contribution in [0, 0.1) is 5.92 Å². The number of piperidine rings is 1. The summed E-state index contributed by atoms with van der Waals surface area (Å²) < 4.78 is 7.11. The molecular formula is C20H22ClN5O2. The lowest BCUT2D eigenvalue weighted by Crippen LogP contribution is -2.43. The summed E-state index contributed by atoms with van der Waals surface area (Å²) in [5.41, 5.74) is 1.75. The van der Waals surface area contributed by atoms with E-state index < -0.39 is 0 Å². The molecule has 0 spiro atoms. The molecule has 4 rings (SSSR count). The van der Waals surface area contributed by atoms with Crippen LogP contribution in [0.25, 0.3) is 5.65 Å². The number of carbonyl (C=O) groups excluding carboxylic acids is 1. The van der Waals surface area contributed by atoms with Crippen LogP contribution in [-0.4, -0.2) is 40.7 Å². The van der Waals surface area contributed by atoms with E-state index in [0.29, 0.717) is 18.1 Å². The van der Waals surface area contributed by atoms with E-state index in [9.17, 15) is 4.79 Å². The highest BCUT2D eigenvalue weighted by Crippen LogP contribution is 2.24. The van der Waals surface area contributed by atoms with Gasteiger partial charge in [-0.25, -0.2) is 0 Å². The number of hydrogen-bond acceptors (Lipinski definition) is 5. The highest BCUT2D eigenvalue weighted by Gasteiger charge is 2.28. The number of nitrogens with one attached hydrogen (secondary N) is 1. The first-order valence-electron chi connectivity index (χ1n) is 9.30. The summed E-state index contributed by atoms with van der Waals surface area (Å²) in [7, 11) is 1.63. The summed E-state index contributed by atoms with van der Waals surface area (Å²) in [5.74, 6) is 1.47. The van der Waals surface area contributed by atoms with Gasteiger partial charge in [0.25, 0.3) is 0 Å². The smallest absolute Gasteiger partial charge is 0.231 e. The molecule has 1 aliphatic rings. The van der Waals surface area contributed by atoms with Gasteiger partial charge >= 0.3 is 0 Å². The van der Waals surface area contributed by atoms with Crippen LogP contribution >= 0.6 is 11.6 Å². The second-order valence-electron chi connectivity index (χ2n) is 6.93. The molecule has 1 aromatic carbocycles. The fourth-order valence-corrected chi connectivity index (χ4v) is 3.72. The Morgan fingerprint density at radius 1 is 1.32 bits per heavy atom. The number of hydrogen-bond donors (Lipinski definition) is 1. The van der Waals surface area contributed by atoms with Gasteiger partial charge in [0.15, 0.2) is 5.65 Å². The highest BCUT2D eigenvalue weighted by molar-refractivity contribution is 6.30. The summed E-state index contributed by atoms with van der Waals surface area (Å²) in [6.07, 6.45) is 3.59. The number of ether oxygens (including phenoxy) is 1. The number of nitrogens with zero attached hydrogens (tertiary/aromatic N) is 4. The predicted molar refractivity (Wildman–Crippen MR) is 108 cm³/mol. The molecule has 0 saturated carbocycles. The number of pyridine rings is 1.